The molecule has 0 amide bonds. The van der Waals surface area contributed by atoms with E-state index in [-0.39, 0.29) is 0 Å². The molecular weight excluding hydrogens is 208 g/mol. The molecule has 2 heteroatoms. The highest BCUT2D eigenvalue weighted by molar-refractivity contribution is 5.67. The molecule has 0 radical (unpaired) electrons. The van der Waals surface area contributed by atoms with Crippen molar-refractivity contribution in [2.45, 2.75) is 6.92 Å². The number of benzene rings is 1. The lowest BCUT2D eigenvalue weighted by molar-refractivity contribution is 0.983. The summed E-state index contributed by atoms with van der Waals surface area (Å²) in [6, 6.07) is 7.89. The molecule has 0 aliphatic heterocycles. The molecule has 0 atom stereocenters. The van der Waals surface area contributed by atoms with Crippen molar-refractivity contribution in [2.24, 2.45) is 0 Å². The van der Waals surface area contributed by atoms with Gasteiger partial charge in [-0.1, -0.05) is 48.6 Å². The number of nitrogen functional groups attached to an aromatic ring is 1. The molecule has 0 saturated carbocycles. The van der Waals surface area contributed by atoms with Crippen LogP contribution in [-0.4, -0.2) is 13.6 Å². The molecule has 17 heavy (non-hydrogen) atoms. The lowest BCUT2D eigenvalue weighted by Crippen LogP contribution is -2.20. The summed E-state index contributed by atoms with van der Waals surface area (Å²) in [5.41, 5.74) is 9.08. The number of para-hydroxylation sites is 2. The van der Waals surface area contributed by atoms with Gasteiger partial charge in [0.25, 0.3) is 0 Å². The Morgan fingerprint density at radius 3 is 2.71 bits per heavy atom. The summed E-state index contributed by atoms with van der Waals surface area (Å²) in [5.74, 6) is 0. The molecular formula is C15H20N2. The van der Waals surface area contributed by atoms with Gasteiger partial charge in [0.1, 0.15) is 0 Å². The van der Waals surface area contributed by atoms with Crippen molar-refractivity contribution in [1.29, 1.82) is 0 Å². The zero-order valence-electron chi connectivity index (χ0n) is 10.6. The van der Waals surface area contributed by atoms with E-state index in [4.69, 9.17) is 5.73 Å². The first-order chi connectivity index (χ1) is 8.15. The van der Waals surface area contributed by atoms with Gasteiger partial charge in [-0.15, -0.1) is 0 Å². The van der Waals surface area contributed by atoms with E-state index in [0.29, 0.717) is 0 Å². The minimum absolute atomic E-state index is 0.810. The molecule has 0 aliphatic rings. The van der Waals surface area contributed by atoms with Crippen LogP contribution in [0.4, 0.5) is 11.4 Å². The monoisotopic (exact) mass is 228 g/mol. The third-order valence-electron chi connectivity index (χ3n) is 2.46. The van der Waals surface area contributed by atoms with Crippen LogP contribution in [0.25, 0.3) is 0 Å². The van der Waals surface area contributed by atoms with Crippen LogP contribution in [0.3, 0.4) is 0 Å². The summed E-state index contributed by atoms with van der Waals surface area (Å²) >= 11 is 0. The van der Waals surface area contributed by atoms with Gasteiger partial charge in [-0.05, 0) is 19.1 Å². The third kappa shape index (κ3) is 4.19. The average Bonchev–Trinajstić information content (AvgIpc) is 2.29. The molecule has 0 bridgehead atoms. The standard InChI is InChI=1S/C15H20N2/c1-4-5-6-9-13(2)12-17(3)15-11-8-7-10-14(15)16/h4-11H,1,12,16H2,2-3H3/b6-5-,13-9+. The Balaban J connectivity index is 2.69. The molecule has 0 aromatic heterocycles. The Morgan fingerprint density at radius 1 is 1.35 bits per heavy atom. The third-order valence-corrected chi connectivity index (χ3v) is 2.46. The quantitative estimate of drug-likeness (QED) is 0.618. The van der Waals surface area contributed by atoms with Gasteiger partial charge in [0.15, 0.2) is 0 Å². The van der Waals surface area contributed by atoms with Gasteiger partial charge in [-0.25, -0.2) is 0 Å². The van der Waals surface area contributed by atoms with Crippen molar-refractivity contribution in [3.05, 3.63) is 60.7 Å². The molecule has 90 valence electrons. The second kappa shape index (κ2) is 6.59. The maximum Gasteiger partial charge on any atom is 0.0600 e. The molecule has 0 saturated heterocycles. The normalized spacial score (nSPS) is 11.8. The van der Waals surface area contributed by atoms with E-state index in [2.05, 4.69) is 24.5 Å². The van der Waals surface area contributed by atoms with Gasteiger partial charge in [0.2, 0.25) is 0 Å². The number of nitrogens with two attached hydrogens (primary N) is 1. The zero-order valence-corrected chi connectivity index (χ0v) is 10.6. The highest BCUT2D eigenvalue weighted by Crippen LogP contribution is 2.21. The van der Waals surface area contributed by atoms with Crippen LogP contribution in [0.5, 0.6) is 0 Å². The van der Waals surface area contributed by atoms with Crippen LogP contribution < -0.4 is 10.6 Å². The molecule has 2 nitrogen and oxygen atoms in total. The van der Waals surface area contributed by atoms with Gasteiger partial charge in [-0.3, -0.25) is 0 Å². The van der Waals surface area contributed by atoms with Crippen LogP contribution in [0, 0.1) is 0 Å². The number of hydrogen-bond donors (Lipinski definition) is 1. The van der Waals surface area contributed by atoms with Crippen LogP contribution in [-0.2, 0) is 0 Å². The van der Waals surface area contributed by atoms with Crippen molar-refractivity contribution in [3.63, 3.8) is 0 Å². The summed E-state index contributed by atoms with van der Waals surface area (Å²) in [7, 11) is 2.04. The SMILES string of the molecule is C=C/C=C\C=C(/C)CN(C)c1ccccc1N. The number of rotatable bonds is 5. The van der Waals surface area contributed by atoms with Gasteiger partial charge < -0.3 is 10.6 Å². The lowest BCUT2D eigenvalue weighted by atomic mass is 10.2. The molecule has 0 heterocycles. The maximum absolute atomic E-state index is 5.93. The minimum Gasteiger partial charge on any atom is -0.397 e. The van der Waals surface area contributed by atoms with E-state index in [1.165, 1.54) is 5.57 Å². The Hall–Kier alpha value is -1.96. The summed E-state index contributed by atoms with van der Waals surface area (Å²) < 4.78 is 0. The molecule has 0 unspecified atom stereocenters. The van der Waals surface area contributed by atoms with E-state index < -0.39 is 0 Å². The molecule has 2 N–H and O–H groups in total. The van der Waals surface area contributed by atoms with Crippen LogP contribution in [0.1, 0.15) is 6.92 Å². The Bertz CT molecular complexity index is 430. The first kappa shape index (κ1) is 13.1. The lowest BCUT2D eigenvalue weighted by Gasteiger charge is -2.21. The van der Waals surface area contributed by atoms with E-state index in [0.717, 1.165) is 17.9 Å². The predicted octanol–water partition coefficient (Wildman–Crippen LogP) is 3.39. The van der Waals surface area contributed by atoms with Crippen molar-refractivity contribution in [1.82, 2.24) is 0 Å². The summed E-state index contributed by atoms with van der Waals surface area (Å²) in [6.45, 7) is 6.59. The second-order valence-corrected chi connectivity index (χ2v) is 4.05. The number of allylic oxidation sites excluding steroid dienone is 4. The summed E-state index contributed by atoms with van der Waals surface area (Å²) in [5, 5.41) is 0. The van der Waals surface area contributed by atoms with Crippen LogP contribution in [0.15, 0.2) is 60.7 Å². The molecule has 1 aromatic carbocycles. The van der Waals surface area contributed by atoms with Crippen molar-refractivity contribution in [2.75, 3.05) is 24.2 Å². The fourth-order valence-corrected chi connectivity index (χ4v) is 1.65. The van der Waals surface area contributed by atoms with Gasteiger partial charge in [0.05, 0.1) is 11.4 Å². The molecule has 0 spiro atoms. The molecule has 0 aliphatic carbocycles. The minimum atomic E-state index is 0.810. The largest absolute Gasteiger partial charge is 0.397 e. The fraction of sp³-hybridized carbons (Fsp3) is 0.200. The van der Waals surface area contributed by atoms with E-state index in [1.54, 1.807) is 6.08 Å². The first-order valence-electron chi connectivity index (χ1n) is 5.65. The number of hydrogen-bond acceptors (Lipinski definition) is 2. The topological polar surface area (TPSA) is 29.3 Å². The van der Waals surface area contributed by atoms with Crippen molar-refractivity contribution < 1.29 is 0 Å². The van der Waals surface area contributed by atoms with Gasteiger partial charge in [0, 0.05) is 13.6 Å². The molecule has 1 rings (SSSR count). The highest BCUT2D eigenvalue weighted by Gasteiger charge is 2.03. The second-order valence-electron chi connectivity index (χ2n) is 4.05. The highest BCUT2D eigenvalue weighted by atomic mass is 15.1. The molecule has 0 fully saturated rings. The first-order valence-corrected chi connectivity index (χ1v) is 5.65. The Kier molecular flexibility index (Phi) is 5.08. The Labute approximate surface area is 104 Å². The predicted molar refractivity (Wildman–Crippen MR) is 77.2 cm³/mol. The van der Waals surface area contributed by atoms with Crippen LogP contribution >= 0.6 is 0 Å². The number of nitrogens with zero attached hydrogens (tertiary/aromatic N) is 1. The van der Waals surface area contributed by atoms with Crippen LogP contribution in [0.2, 0.25) is 0 Å². The number of likely N-dealkylation sites (N-methyl/N-ethyl adjacent to an activating group) is 1. The van der Waals surface area contributed by atoms with Crippen molar-refractivity contribution >= 4 is 11.4 Å². The number of anilines is 2. The summed E-state index contributed by atoms with van der Waals surface area (Å²) in [6.07, 6.45) is 7.75. The zero-order chi connectivity index (χ0) is 12.7. The maximum atomic E-state index is 5.93. The van der Waals surface area contributed by atoms with E-state index in [1.807, 2.05) is 43.5 Å². The van der Waals surface area contributed by atoms with E-state index in [9.17, 15) is 0 Å². The van der Waals surface area contributed by atoms with Gasteiger partial charge in [-0.2, -0.15) is 0 Å². The van der Waals surface area contributed by atoms with Crippen molar-refractivity contribution in [3.8, 4) is 0 Å². The van der Waals surface area contributed by atoms with E-state index >= 15 is 0 Å². The average molecular weight is 228 g/mol. The summed E-state index contributed by atoms with van der Waals surface area (Å²) in [4.78, 5) is 2.14. The molecule has 1 aromatic rings. The smallest absolute Gasteiger partial charge is 0.0600 e. The van der Waals surface area contributed by atoms with Gasteiger partial charge >= 0.3 is 0 Å². The fourth-order valence-electron chi connectivity index (χ4n) is 1.65. The Morgan fingerprint density at radius 2 is 2.06 bits per heavy atom.